The van der Waals surface area contributed by atoms with Crippen LogP contribution in [0.25, 0.3) is 5.95 Å². The van der Waals surface area contributed by atoms with Gasteiger partial charge < -0.3 is 10.1 Å². The van der Waals surface area contributed by atoms with Gasteiger partial charge in [-0.3, -0.25) is 0 Å². The van der Waals surface area contributed by atoms with Crippen molar-refractivity contribution < 1.29 is 4.74 Å². The third-order valence-electron chi connectivity index (χ3n) is 3.04. The summed E-state index contributed by atoms with van der Waals surface area (Å²) in [6.45, 7) is 2.78. The first-order valence-corrected chi connectivity index (χ1v) is 6.73. The molecule has 8 nitrogen and oxygen atoms in total. The molecule has 9 heteroatoms. The molecule has 0 aromatic carbocycles. The van der Waals surface area contributed by atoms with Crippen LogP contribution in [0.5, 0.6) is 0 Å². The van der Waals surface area contributed by atoms with Gasteiger partial charge in [0.2, 0.25) is 11.2 Å². The first-order valence-electron chi connectivity index (χ1n) is 6.35. The maximum Gasteiger partial charge on any atom is 0.258 e. The van der Waals surface area contributed by atoms with E-state index in [9.17, 15) is 0 Å². The average molecular weight is 296 g/mol. The van der Waals surface area contributed by atoms with Crippen LogP contribution in [0.15, 0.2) is 12.7 Å². The molecule has 3 heterocycles. The van der Waals surface area contributed by atoms with Gasteiger partial charge in [0.15, 0.2) is 0 Å². The Morgan fingerprint density at radius 2 is 2.30 bits per heavy atom. The Morgan fingerprint density at radius 1 is 1.40 bits per heavy atom. The van der Waals surface area contributed by atoms with Crippen LogP contribution in [0, 0.1) is 0 Å². The predicted octanol–water partition coefficient (Wildman–Crippen LogP) is 1.09. The zero-order chi connectivity index (χ0) is 13.9. The minimum absolute atomic E-state index is 0.119. The van der Waals surface area contributed by atoms with Crippen molar-refractivity contribution in [1.82, 2.24) is 29.7 Å². The molecule has 2 aromatic heterocycles. The summed E-state index contributed by atoms with van der Waals surface area (Å²) in [6, 6.07) is 0.265. The Hall–Kier alpha value is -1.80. The van der Waals surface area contributed by atoms with Gasteiger partial charge in [-0.05, 0) is 31.4 Å². The average Bonchev–Trinajstić information content (AvgIpc) is 2.91. The smallest absolute Gasteiger partial charge is 0.258 e. The fraction of sp³-hybridized carbons (Fsp3) is 0.545. The number of nitrogens with one attached hydrogen (secondary N) is 1. The monoisotopic (exact) mass is 295 g/mol. The van der Waals surface area contributed by atoms with Gasteiger partial charge in [0.05, 0.1) is 6.10 Å². The van der Waals surface area contributed by atoms with E-state index in [1.165, 1.54) is 17.3 Å². The van der Waals surface area contributed by atoms with Crippen LogP contribution in [0.3, 0.4) is 0 Å². The zero-order valence-electron chi connectivity index (χ0n) is 10.9. The lowest BCUT2D eigenvalue weighted by atomic mass is 10.0. The molecule has 1 aliphatic heterocycles. The van der Waals surface area contributed by atoms with Gasteiger partial charge in [0, 0.05) is 12.6 Å². The molecule has 20 heavy (non-hydrogen) atoms. The van der Waals surface area contributed by atoms with Gasteiger partial charge >= 0.3 is 0 Å². The van der Waals surface area contributed by atoms with Crippen molar-refractivity contribution >= 4 is 17.5 Å². The maximum atomic E-state index is 5.92. The number of ether oxygens (including phenoxy) is 1. The van der Waals surface area contributed by atoms with E-state index in [2.05, 4.69) is 37.3 Å². The highest BCUT2D eigenvalue weighted by atomic mass is 35.5. The molecule has 2 aromatic rings. The Bertz CT molecular complexity index is 576. The number of rotatable bonds is 3. The molecule has 2 atom stereocenters. The number of halogens is 1. The van der Waals surface area contributed by atoms with Gasteiger partial charge in [-0.15, -0.1) is 0 Å². The van der Waals surface area contributed by atoms with Gasteiger partial charge in [0.1, 0.15) is 12.7 Å². The molecule has 106 valence electrons. The van der Waals surface area contributed by atoms with Crippen molar-refractivity contribution in [1.29, 1.82) is 0 Å². The Morgan fingerprint density at radius 3 is 3.05 bits per heavy atom. The van der Waals surface area contributed by atoms with E-state index in [-0.39, 0.29) is 17.4 Å². The molecule has 0 bridgehead atoms. The minimum atomic E-state index is 0.119. The topological polar surface area (TPSA) is 90.6 Å². The van der Waals surface area contributed by atoms with Crippen LogP contribution in [0.2, 0.25) is 5.28 Å². The highest BCUT2D eigenvalue weighted by molar-refractivity contribution is 6.28. The van der Waals surface area contributed by atoms with Crippen molar-refractivity contribution in [2.24, 2.45) is 0 Å². The Labute approximate surface area is 120 Å². The van der Waals surface area contributed by atoms with Gasteiger partial charge in [-0.1, -0.05) is 0 Å². The van der Waals surface area contributed by atoms with E-state index in [1.54, 1.807) is 0 Å². The lowest BCUT2D eigenvalue weighted by Gasteiger charge is -2.27. The van der Waals surface area contributed by atoms with Crippen molar-refractivity contribution in [3.8, 4) is 5.95 Å². The molecule has 1 fully saturated rings. The number of anilines is 1. The molecule has 0 aliphatic carbocycles. The molecule has 1 aliphatic rings. The van der Waals surface area contributed by atoms with Gasteiger partial charge in [0.25, 0.3) is 5.95 Å². The molecule has 0 amide bonds. The second-order valence-electron chi connectivity index (χ2n) is 4.62. The molecule has 0 spiro atoms. The highest BCUT2D eigenvalue weighted by Crippen LogP contribution is 2.17. The number of nitrogens with zero attached hydrogens (tertiary/aromatic N) is 6. The van der Waals surface area contributed by atoms with Crippen molar-refractivity contribution in [3.63, 3.8) is 0 Å². The third kappa shape index (κ3) is 3.02. The van der Waals surface area contributed by atoms with Crippen molar-refractivity contribution in [2.75, 3.05) is 11.9 Å². The summed E-state index contributed by atoms with van der Waals surface area (Å²) in [5.74, 6) is 0.778. The lowest BCUT2D eigenvalue weighted by Crippen LogP contribution is -2.33. The maximum absolute atomic E-state index is 5.92. The Kier molecular flexibility index (Phi) is 3.75. The quantitative estimate of drug-likeness (QED) is 0.906. The van der Waals surface area contributed by atoms with Crippen LogP contribution in [-0.2, 0) is 4.74 Å². The first kappa shape index (κ1) is 13.2. The second kappa shape index (κ2) is 5.68. The van der Waals surface area contributed by atoms with Crippen LogP contribution < -0.4 is 5.32 Å². The van der Waals surface area contributed by atoms with E-state index in [0.29, 0.717) is 11.9 Å². The molecular formula is C11H14ClN7O. The standard InChI is InChI=1S/C11H14ClN7O/c1-7-4-8(2-3-20-7)15-10-16-9(12)17-11(18-10)19-6-13-5-14-19/h5-8H,2-4H2,1H3,(H,15,16,17,18). The predicted molar refractivity (Wildman–Crippen MR) is 71.8 cm³/mol. The fourth-order valence-electron chi connectivity index (χ4n) is 2.13. The van der Waals surface area contributed by atoms with Crippen LogP contribution in [0.4, 0.5) is 5.95 Å². The number of hydrogen-bond donors (Lipinski definition) is 1. The summed E-state index contributed by atoms with van der Waals surface area (Å²) >= 11 is 5.92. The van der Waals surface area contributed by atoms with Crippen molar-refractivity contribution in [2.45, 2.75) is 31.9 Å². The third-order valence-corrected chi connectivity index (χ3v) is 3.21. The second-order valence-corrected chi connectivity index (χ2v) is 4.95. The van der Waals surface area contributed by atoms with E-state index in [4.69, 9.17) is 16.3 Å². The molecular weight excluding hydrogens is 282 g/mol. The molecule has 0 saturated carbocycles. The van der Waals surface area contributed by atoms with E-state index >= 15 is 0 Å². The van der Waals surface area contributed by atoms with Gasteiger partial charge in [-0.2, -0.15) is 24.7 Å². The SMILES string of the molecule is CC1CC(Nc2nc(Cl)nc(-n3cncn3)n2)CCO1. The summed E-state index contributed by atoms with van der Waals surface area (Å²) in [6.07, 6.45) is 4.96. The van der Waals surface area contributed by atoms with Crippen LogP contribution >= 0.6 is 11.6 Å². The summed E-state index contributed by atoms with van der Waals surface area (Å²) in [5.41, 5.74) is 0. The van der Waals surface area contributed by atoms with Gasteiger partial charge in [-0.25, -0.2) is 4.98 Å². The summed E-state index contributed by atoms with van der Waals surface area (Å²) in [7, 11) is 0. The molecule has 1 N–H and O–H groups in total. The highest BCUT2D eigenvalue weighted by Gasteiger charge is 2.20. The normalized spacial score (nSPS) is 22.7. The number of hydrogen-bond acceptors (Lipinski definition) is 7. The van der Waals surface area contributed by atoms with E-state index in [0.717, 1.165) is 19.4 Å². The fourth-order valence-corrected chi connectivity index (χ4v) is 2.29. The first-order chi connectivity index (χ1) is 9.70. The lowest BCUT2D eigenvalue weighted by molar-refractivity contribution is 0.0231. The van der Waals surface area contributed by atoms with E-state index in [1.807, 2.05) is 0 Å². The largest absolute Gasteiger partial charge is 0.378 e. The van der Waals surface area contributed by atoms with E-state index < -0.39 is 0 Å². The minimum Gasteiger partial charge on any atom is -0.378 e. The molecule has 1 saturated heterocycles. The molecule has 0 radical (unpaired) electrons. The zero-order valence-corrected chi connectivity index (χ0v) is 11.7. The molecule has 3 rings (SSSR count). The van der Waals surface area contributed by atoms with Crippen molar-refractivity contribution in [3.05, 3.63) is 17.9 Å². The summed E-state index contributed by atoms with van der Waals surface area (Å²) < 4.78 is 6.95. The molecule has 2 unspecified atom stereocenters. The Balaban J connectivity index is 1.79. The summed E-state index contributed by atoms with van der Waals surface area (Å²) in [5, 5.41) is 7.36. The van der Waals surface area contributed by atoms with Crippen LogP contribution in [0.1, 0.15) is 19.8 Å². The summed E-state index contributed by atoms with van der Waals surface area (Å²) in [4.78, 5) is 16.3. The number of aromatic nitrogens is 6. The van der Waals surface area contributed by atoms with Crippen LogP contribution in [-0.4, -0.2) is 48.5 Å².